The van der Waals surface area contributed by atoms with Gasteiger partial charge in [0, 0.05) is 12.1 Å². The van der Waals surface area contributed by atoms with E-state index in [9.17, 15) is 0 Å². The summed E-state index contributed by atoms with van der Waals surface area (Å²) in [7, 11) is 0. The molecule has 1 fully saturated rings. The van der Waals surface area contributed by atoms with Crippen LogP contribution in [-0.2, 0) is 6.54 Å². The van der Waals surface area contributed by atoms with Crippen LogP contribution in [0.1, 0.15) is 52.8 Å². The van der Waals surface area contributed by atoms with Crippen molar-refractivity contribution in [3.8, 4) is 0 Å². The van der Waals surface area contributed by atoms with Gasteiger partial charge in [0.15, 0.2) is 0 Å². The number of rotatable bonds is 6. The van der Waals surface area contributed by atoms with Crippen LogP contribution in [0.5, 0.6) is 0 Å². The summed E-state index contributed by atoms with van der Waals surface area (Å²) in [5.41, 5.74) is 0.542. The molecule has 0 aromatic carbocycles. The van der Waals surface area contributed by atoms with Gasteiger partial charge in [0.05, 0.1) is 6.54 Å². The summed E-state index contributed by atoms with van der Waals surface area (Å²) in [5.74, 6) is 0.633. The molecule has 0 unspecified atom stereocenters. The Labute approximate surface area is 109 Å². The normalized spacial score (nSPS) is 17.8. The summed E-state index contributed by atoms with van der Waals surface area (Å²) in [6, 6.07) is 0.542. The van der Waals surface area contributed by atoms with Gasteiger partial charge in [-0.3, -0.25) is 0 Å². The van der Waals surface area contributed by atoms with Gasteiger partial charge in [-0.15, -0.1) is 5.10 Å². The van der Waals surface area contributed by atoms with E-state index in [-0.39, 0.29) is 5.54 Å². The summed E-state index contributed by atoms with van der Waals surface area (Å²) < 4.78 is 5.55. The monoisotopic (exact) mass is 252 g/mol. The van der Waals surface area contributed by atoms with Crippen molar-refractivity contribution in [2.24, 2.45) is 5.41 Å². The molecule has 5 nitrogen and oxygen atoms in total. The molecule has 0 amide bonds. The van der Waals surface area contributed by atoms with Gasteiger partial charge in [0.25, 0.3) is 0 Å². The summed E-state index contributed by atoms with van der Waals surface area (Å²) >= 11 is 0. The van der Waals surface area contributed by atoms with Crippen LogP contribution in [0.3, 0.4) is 0 Å². The molecule has 1 aliphatic rings. The first-order valence-electron chi connectivity index (χ1n) is 6.74. The molecule has 1 aromatic rings. The lowest BCUT2D eigenvalue weighted by Crippen LogP contribution is -2.35. The van der Waals surface area contributed by atoms with Gasteiger partial charge in [-0.25, -0.2) is 0 Å². The SMILES string of the molecule is CCC1(CNc2nnc(CNC(C)(C)C)o2)CC1. The highest BCUT2D eigenvalue weighted by molar-refractivity contribution is 5.19. The maximum atomic E-state index is 5.55. The zero-order chi connectivity index (χ0) is 13.2. The number of aromatic nitrogens is 2. The van der Waals surface area contributed by atoms with Crippen molar-refractivity contribution in [3.63, 3.8) is 0 Å². The van der Waals surface area contributed by atoms with Gasteiger partial charge >= 0.3 is 6.01 Å². The van der Waals surface area contributed by atoms with E-state index in [1.807, 2.05) is 0 Å². The Bertz CT molecular complexity index is 390. The largest absolute Gasteiger partial charge is 0.407 e. The first kappa shape index (κ1) is 13.3. The predicted octanol–water partition coefficient (Wildman–Crippen LogP) is 2.56. The quantitative estimate of drug-likeness (QED) is 0.814. The van der Waals surface area contributed by atoms with Crippen LogP contribution in [0.4, 0.5) is 6.01 Å². The minimum absolute atomic E-state index is 0.0579. The van der Waals surface area contributed by atoms with Gasteiger partial charge < -0.3 is 15.1 Å². The molecule has 0 spiro atoms. The third-order valence-electron chi connectivity index (χ3n) is 3.56. The number of nitrogens with one attached hydrogen (secondary N) is 2. The average Bonchev–Trinajstić information content (AvgIpc) is 2.95. The molecule has 1 heterocycles. The van der Waals surface area contributed by atoms with E-state index >= 15 is 0 Å². The molecule has 0 saturated heterocycles. The van der Waals surface area contributed by atoms with Crippen LogP contribution < -0.4 is 10.6 Å². The Balaban J connectivity index is 1.79. The second-order valence-electron chi connectivity index (χ2n) is 6.31. The second kappa shape index (κ2) is 4.88. The van der Waals surface area contributed by atoms with Gasteiger partial charge in [-0.1, -0.05) is 12.0 Å². The zero-order valence-corrected chi connectivity index (χ0v) is 11.8. The van der Waals surface area contributed by atoms with Crippen molar-refractivity contribution in [2.75, 3.05) is 11.9 Å². The molecule has 102 valence electrons. The van der Waals surface area contributed by atoms with Gasteiger partial charge in [0.1, 0.15) is 0 Å². The Morgan fingerprint density at radius 3 is 2.56 bits per heavy atom. The lowest BCUT2D eigenvalue weighted by molar-refractivity contribution is 0.383. The topological polar surface area (TPSA) is 63.0 Å². The zero-order valence-electron chi connectivity index (χ0n) is 11.8. The summed E-state index contributed by atoms with van der Waals surface area (Å²) in [4.78, 5) is 0. The van der Waals surface area contributed by atoms with E-state index in [4.69, 9.17) is 4.42 Å². The fraction of sp³-hybridized carbons (Fsp3) is 0.846. The van der Waals surface area contributed by atoms with E-state index in [1.54, 1.807) is 0 Å². The lowest BCUT2D eigenvalue weighted by atomic mass is 10.0. The average molecular weight is 252 g/mol. The van der Waals surface area contributed by atoms with Crippen molar-refractivity contribution in [1.82, 2.24) is 15.5 Å². The summed E-state index contributed by atoms with van der Waals surface area (Å²) in [6.07, 6.45) is 3.83. The molecule has 0 radical (unpaired) electrons. The minimum Gasteiger partial charge on any atom is -0.407 e. The minimum atomic E-state index is 0.0579. The molecule has 5 heteroatoms. The van der Waals surface area contributed by atoms with E-state index in [1.165, 1.54) is 19.3 Å². The summed E-state index contributed by atoms with van der Waals surface area (Å²) in [6.45, 7) is 10.1. The third-order valence-corrected chi connectivity index (χ3v) is 3.56. The number of anilines is 1. The molecular weight excluding hydrogens is 228 g/mol. The van der Waals surface area contributed by atoms with E-state index in [0.717, 1.165) is 6.54 Å². The van der Waals surface area contributed by atoms with Gasteiger partial charge in [-0.2, -0.15) is 0 Å². The molecule has 2 N–H and O–H groups in total. The Morgan fingerprint density at radius 2 is 2.00 bits per heavy atom. The molecule has 2 rings (SSSR count). The number of nitrogens with zero attached hydrogens (tertiary/aromatic N) is 2. The van der Waals surface area contributed by atoms with E-state index in [2.05, 4.69) is 48.5 Å². The fourth-order valence-corrected chi connectivity index (χ4v) is 1.83. The Kier molecular flexibility index (Phi) is 3.61. The number of hydrogen-bond acceptors (Lipinski definition) is 5. The van der Waals surface area contributed by atoms with Crippen LogP contribution in [0.25, 0.3) is 0 Å². The highest BCUT2D eigenvalue weighted by Crippen LogP contribution is 2.48. The second-order valence-corrected chi connectivity index (χ2v) is 6.31. The Hall–Kier alpha value is -1.10. The van der Waals surface area contributed by atoms with Crippen LogP contribution in [-0.4, -0.2) is 22.3 Å². The fourth-order valence-electron chi connectivity index (χ4n) is 1.83. The molecule has 1 aliphatic carbocycles. The van der Waals surface area contributed by atoms with E-state index < -0.39 is 0 Å². The Morgan fingerprint density at radius 1 is 1.28 bits per heavy atom. The smallest absolute Gasteiger partial charge is 0.315 e. The van der Waals surface area contributed by atoms with Crippen LogP contribution in [0, 0.1) is 5.41 Å². The van der Waals surface area contributed by atoms with Crippen molar-refractivity contribution < 1.29 is 4.42 Å². The molecule has 18 heavy (non-hydrogen) atoms. The maximum absolute atomic E-state index is 5.55. The first-order chi connectivity index (χ1) is 8.42. The molecule has 0 bridgehead atoms. The van der Waals surface area contributed by atoms with Gasteiger partial charge in [0.2, 0.25) is 5.89 Å². The van der Waals surface area contributed by atoms with Crippen molar-refractivity contribution in [3.05, 3.63) is 5.89 Å². The highest BCUT2D eigenvalue weighted by atomic mass is 16.4. The van der Waals surface area contributed by atoms with Crippen LogP contribution in [0.15, 0.2) is 4.42 Å². The molecule has 1 saturated carbocycles. The van der Waals surface area contributed by atoms with Crippen molar-refractivity contribution in [1.29, 1.82) is 0 Å². The van der Waals surface area contributed by atoms with Crippen LogP contribution in [0.2, 0.25) is 0 Å². The third kappa shape index (κ3) is 3.70. The lowest BCUT2D eigenvalue weighted by Gasteiger charge is -2.18. The molecule has 1 aromatic heterocycles. The van der Waals surface area contributed by atoms with Crippen LogP contribution >= 0.6 is 0 Å². The standard InChI is InChI=1S/C13H24N4O/c1-5-13(6-7-13)9-14-11-17-16-10(18-11)8-15-12(2,3)4/h15H,5-9H2,1-4H3,(H,14,17). The highest BCUT2D eigenvalue weighted by Gasteiger charge is 2.40. The van der Waals surface area contributed by atoms with Crippen molar-refractivity contribution >= 4 is 6.01 Å². The number of hydrogen-bond donors (Lipinski definition) is 2. The van der Waals surface area contributed by atoms with E-state index in [0.29, 0.717) is 23.9 Å². The van der Waals surface area contributed by atoms with Gasteiger partial charge in [-0.05, 0) is 45.4 Å². The maximum Gasteiger partial charge on any atom is 0.315 e. The summed E-state index contributed by atoms with van der Waals surface area (Å²) in [5, 5.41) is 14.6. The molecule has 0 atom stereocenters. The van der Waals surface area contributed by atoms with Crippen molar-refractivity contribution in [2.45, 2.75) is 59.0 Å². The molecule has 0 aliphatic heterocycles. The first-order valence-corrected chi connectivity index (χ1v) is 6.74. The molecular formula is C13H24N4O. The predicted molar refractivity (Wildman–Crippen MR) is 71.3 cm³/mol.